The zero-order valence-corrected chi connectivity index (χ0v) is 18.5. The van der Waals surface area contributed by atoms with Crippen LogP contribution in [0.4, 0.5) is 0 Å². The summed E-state index contributed by atoms with van der Waals surface area (Å²) in [5.41, 5.74) is 1.06. The molecular weight excluding hydrogens is 447 g/mol. The van der Waals surface area contributed by atoms with Crippen molar-refractivity contribution in [1.82, 2.24) is 15.5 Å². The SMILES string of the molecule is CCCN1CCC(CNC(=NCc2ccccc2Cl)NCC)CC1.I. The summed E-state index contributed by atoms with van der Waals surface area (Å²) in [4.78, 5) is 7.25. The highest BCUT2D eigenvalue weighted by Gasteiger charge is 2.18. The third-order valence-electron chi connectivity index (χ3n) is 4.51. The molecule has 1 aromatic rings. The van der Waals surface area contributed by atoms with Crippen molar-refractivity contribution >= 4 is 41.5 Å². The number of rotatable bonds is 7. The third kappa shape index (κ3) is 8.13. The van der Waals surface area contributed by atoms with E-state index in [2.05, 4.69) is 34.4 Å². The lowest BCUT2D eigenvalue weighted by molar-refractivity contribution is 0.185. The Labute approximate surface area is 174 Å². The second-order valence-electron chi connectivity index (χ2n) is 6.45. The van der Waals surface area contributed by atoms with Crippen LogP contribution < -0.4 is 10.6 Å². The van der Waals surface area contributed by atoms with Crippen molar-refractivity contribution in [2.45, 2.75) is 39.7 Å². The lowest BCUT2D eigenvalue weighted by atomic mass is 9.97. The van der Waals surface area contributed by atoms with E-state index >= 15 is 0 Å². The smallest absolute Gasteiger partial charge is 0.191 e. The van der Waals surface area contributed by atoms with Gasteiger partial charge in [-0.05, 0) is 63.4 Å². The maximum Gasteiger partial charge on any atom is 0.191 e. The molecule has 142 valence electrons. The average Bonchev–Trinajstić information content (AvgIpc) is 2.60. The second-order valence-corrected chi connectivity index (χ2v) is 6.86. The summed E-state index contributed by atoms with van der Waals surface area (Å²) >= 11 is 6.21. The molecule has 0 aromatic heterocycles. The molecule has 0 saturated carbocycles. The number of benzene rings is 1. The molecule has 2 N–H and O–H groups in total. The normalized spacial score (nSPS) is 16.4. The minimum atomic E-state index is 0. The molecule has 25 heavy (non-hydrogen) atoms. The van der Waals surface area contributed by atoms with E-state index in [9.17, 15) is 0 Å². The molecule has 4 nitrogen and oxygen atoms in total. The van der Waals surface area contributed by atoms with Crippen molar-refractivity contribution in [1.29, 1.82) is 0 Å². The molecule has 1 aliphatic heterocycles. The highest BCUT2D eigenvalue weighted by Crippen LogP contribution is 2.17. The largest absolute Gasteiger partial charge is 0.357 e. The summed E-state index contributed by atoms with van der Waals surface area (Å²) in [5, 5.41) is 7.61. The number of piperidine rings is 1. The van der Waals surface area contributed by atoms with Crippen LogP contribution in [0.25, 0.3) is 0 Å². The average molecular weight is 479 g/mol. The molecule has 1 heterocycles. The number of halogens is 2. The van der Waals surface area contributed by atoms with E-state index in [4.69, 9.17) is 11.6 Å². The molecule has 0 spiro atoms. The van der Waals surface area contributed by atoms with Gasteiger partial charge in [-0.2, -0.15) is 0 Å². The van der Waals surface area contributed by atoms with Crippen LogP contribution in [0.1, 0.15) is 38.7 Å². The maximum absolute atomic E-state index is 6.21. The summed E-state index contributed by atoms with van der Waals surface area (Å²) in [6.07, 6.45) is 3.80. The highest BCUT2D eigenvalue weighted by atomic mass is 127. The number of aliphatic imine (C=N–C) groups is 1. The third-order valence-corrected chi connectivity index (χ3v) is 4.88. The summed E-state index contributed by atoms with van der Waals surface area (Å²) < 4.78 is 0. The Bertz CT molecular complexity index is 516. The van der Waals surface area contributed by atoms with Crippen LogP contribution in [0, 0.1) is 5.92 Å². The van der Waals surface area contributed by atoms with Crippen molar-refractivity contribution in [2.75, 3.05) is 32.7 Å². The van der Waals surface area contributed by atoms with E-state index in [1.165, 1.54) is 38.9 Å². The van der Waals surface area contributed by atoms with E-state index in [0.29, 0.717) is 6.54 Å². The van der Waals surface area contributed by atoms with Gasteiger partial charge in [0, 0.05) is 18.1 Å². The van der Waals surface area contributed by atoms with Crippen molar-refractivity contribution in [3.63, 3.8) is 0 Å². The minimum Gasteiger partial charge on any atom is -0.357 e. The fourth-order valence-corrected chi connectivity index (χ4v) is 3.30. The first kappa shape index (κ1) is 22.5. The van der Waals surface area contributed by atoms with Crippen molar-refractivity contribution in [3.8, 4) is 0 Å². The molecule has 0 radical (unpaired) electrons. The van der Waals surface area contributed by atoms with Gasteiger partial charge >= 0.3 is 0 Å². The predicted octanol–water partition coefficient (Wildman–Crippen LogP) is 4.14. The van der Waals surface area contributed by atoms with Gasteiger partial charge in [-0.15, -0.1) is 24.0 Å². The van der Waals surface area contributed by atoms with Crippen LogP contribution in [0.15, 0.2) is 29.3 Å². The Balaban J connectivity index is 0.00000312. The van der Waals surface area contributed by atoms with Gasteiger partial charge in [-0.3, -0.25) is 0 Å². The molecule has 1 aliphatic rings. The molecule has 0 atom stereocenters. The molecule has 1 fully saturated rings. The first-order valence-corrected chi connectivity index (χ1v) is 9.58. The summed E-state index contributed by atoms with van der Waals surface area (Å²) in [6.45, 7) is 10.5. The molecule has 1 saturated heterocycles. The Kier molecular flexibility index (Phi) is 11.5. The van der Waals surface area contributed by atoms with Crippen molar-refractivity contribution in [2.24, 2.45) is 10.9 Å². The maximum atomic E-state index is 6.21. The van der Waals surface area contributed by atoms with Crippen LogP contribution in [-0.2, 0) is 6.54 Å². The number of hydrogen-bond acceptors (Lipinski definition) is 2. The molecule has 0 aliphatic carbocycles. The number of guanidine groups is 1. The molecular formula is C19H32ClIN4. The van der Waals surface area contributed by atoms with Crippen LogP contribution >= 0.6 is 35.6 Å². The monoisotopic (exact) mass is 478 g/mol. The Morgan fingerprint density at radius 2 is 1.92 bits per heavy atom. The van der Waals surface area contributed by atoms with Crippen LogP contribution in [0.3, 0.4) is 0 Å². The fourth-order valence-electron chi connectivity index (χ4n) is 3.10. The van der Waals surface area contributed by atoms with Gasteiger partial charge in [0.15, 0.2) is 5.96 Å². The Morgan fingerprint density at radius 3 is 2.56 bits per heavy atom. The quantitative estimate of drug-likeness (QED) is 0.352. The lowest BCUT2D eigenvalue weighted by Gasteiger charge is -2.32. The summed E-state index contributed by atoms with van der Waals surface area (Å²) in [6, 6.07) is 7.89. The van der Waals surface area contributed by atoms with E-state index in [1.807, 2.05) is 24.3 Å². The van der Waals surface area contributed by atoms with E-state index in [-0.39, 0.29) is 24.0 Å². The minimum absolute atomic E-state index is 0. The first-order chi connectivity index (χ1) is 11.7. The fraction of sp³-hybridized carbons (Fsp3) is 0.632. The van der Waals surface area contributed by atoms with Crippen molar-refractivity contribution in [3.05, 3.63) is 34.9 Å². The Hall–Kier alpha value is -0.530. The molecule has 0 amide bonds. The molecule has 1 aromatic carbocycles. The zero-order valence-electron chi connectivity index (χ0n) is 15.4. The number of likely N-dealkylation sites (tertiary alicyclic amines) is 1. The van der Waals surface area contributed by atoms with Crippen LogP contribution in [-0.4, -0.2) is 43.6 Å². The Morgan fingerprint density at radius 1 is 1.20 bits per heavy atom. The van der Waals surface area contributed by atoms with Gasteiger partial charge in [0.05, 0.1) is 6.54 Å². The number of hydrogen-bond donors (Lipinski definition) is 2. The highest BCUT2D eigenvalue weighted by molar-refractivity contribution is 14.0. The zero-order chi connectivity index (χ0) is 17.2. The lowest BCUT2D eigenvalue weighted by Crippen LogP contribution is -2.43. The van der Waals surface area contributed by atoms with Crippen LogP contribution in [0.5, 0.6) is 0 Å². The molecule has 2 rings (SSSR count). The van der Waals surface area contributed by atoms with E-state index < -0.39 is 0 Å². The standard InChI is InChI=1S/C19H31ClN4.HI/c1-3-11-24-12-9-16(10-13-24)14-22-19(21-4-2)23-15-17-7-5-6-8-18(17)20;/h5-8,16H,3-4,9-15H2,1-2H3,(H2,21,22,23);1H. The molecule has 6 heteroatoms. The topological polar surface area (TPSA) is 39.7 Å². The van der Waals surface area contributed by atoms with Crippen LogP contribution in [0.2, 0.25) is 5.02 Å². The first-order valence-electron chi connectivity index (χ1n) is 9.20. The summed E-state index contributed by atoms with van der Waals surface area (Å²) in [5.74, 6) is 1.62. The van der Waals surface area contributed by atoms with Gasteiger partial charge in [0.25, 0.3) is 0 Å². The van der Waals surface area contributed by atoms with Crippen molar-refractivity contribution < 1.29 is 0 Å². The van der Waals surface area contributed by atoms with Gasteiger partial charge in [0.1, 0.15) is 0 Å². The predicted molar refractivity (Wildman–Crippen MR) is 119 cm³/mol. The molecule has 0 unspecified atom stereocenters. The van der Waals surface area contributed by atoms with Gasteiger partial charge in [-0.1, -0.05) is 36.7 Å². The van der Waals surface area contributed by atoms with E-state index in [1.54, 1.807) is 0 Å². The van der Waals surface area contributed by atoms with Gasteiger partial charge in [-0.25, -0.2) is 4.99 Å². The number of nitrogens with zero attached hydrogens (tertiary/aromatic N) is 2. The second kappa shape index (κ2) is 12.8. The number of nitrogens with one attached hydrogen (secondary N) is 2. The summed E-state index contributed by atoms with van der Waals surface area (Å²) in [7, 11) is 0. The van der Waals surface area contributed by atoms with Gasteiger partial charge in [0.2, 0.25) is 0 Å². The van der Waals surface area contributed by atoms with E-state index in [0.717, 1.165) is 35.6 Å². The van der Waals surface area contributed by atoms with Gasteiger partial charge < -0.3 is 15.5 Å². The molecule has 0 bridgehead atoms.